The third kappa shape index (κ3) is 1.97. The second kappa shape index (κ2) is 3.57. The largest absolute Gasteiger partial charge is 0.372 e. The van der Waals surface area contributed by atoms with E-state index in [0.29, 0.717) is 6.04 Å². The lowest BCUT2D eigenvalue weighted by Crippen LogP contribution is -2.25. The van der Waals surface area contributed by atoms with Gasteiger partial charge in [-0.2, -0.15) is 0 Å². The smallest absolute Gasteiger partial charge is 0.125 e. The molecule has 12 heavy (non-hydrogen) atoms. The number of rotatable bonds is 2. The van der Waals surface area contributed by atoms with Crippen LogP contribution in [-0.4, -0.2) is 13.1 Å². The molecular formula is C10H14FN. The van der Waals surface area contributed by atoms with Crippen molar-refractivity contribution in [2.45, 2.75) is 19.9 Å². The van der Waals surface area contributed by atoms with Crippen LogP contribution in [0.2, 0.25) is 0 Å². The third-order valence-corrected chi connectivity index (χ3v) is 1.99. The summed E-state index contributed by atoms with van der Waals surface area (Å²) in [6.07, 6.45) is 0. The van der Waals surface area contributed by atoms with E-state index in [1.165, 1.54) is 6.07 Å². The van der Waals surface area contributed by atoms with E-state index in [-0.39, 0.29) is 5.82 Å². The van der Waals surface area contributed by atoms with Crippen molar-refractivity contribution in [1.29, 1.82) is 0 Å². The van der Waals surface area contributed by atoms with Crippen molar-refractivity contribution in [3.05, 3.63) is 30.1 Å². The number of anilines is 1. The number of hydrogen-bond donors (Lipinski definition) is 0. The van der Waals surface area contributed by atoms with Crippen LogP contribution in [0.15, 0.2) is 24.3 Å². The van der Waals surface area contributed by atoms with Crippen molar-refractivity contribution in [1.82, 2.24) is 0 Å². The lowest BCUT2D eigenvalue weighted by atomic mass is 10.2. The molecule has 0 aromatic heterocycles. The zero-order valence-corrected chi connectivity index (χ0v) is 7.71. The van der Waals surface area contributed by atoms with Gasteiger partial charge >= 0.3 is 0 Å². The Labute approximate surface area is 72.8 Å². The lowest BCUT2D eigenvalue weighted by molar-refractivity contribution is 0.626. The summed E-state index contributed by atoms with van der Waals surface area (Å²) in [5, 5.41) is 0. The average Bonchev–Trinajstić information content (AvgIpc) is 2.03. The molecular weight excluding hydrogens is 153 g/mol. The zero-order chi connectivity index (χ0) is 9.14. The third-order valence-electron chi connectivity index (χ3n) is 1.99. The van der Waals surface area contributed by atoms with Crippen LogP contribution < -0.4 is 4.90 Å². The summed E-state index contributed by atoms with van der Waals surface area (Å²) >= 11 is 0. The molecule has 0 aliphatic rings. The first-order valence-corrected chi connectivity index (χ1v) is 4.09. The van der Waals surface area contributed by atoms with E-state index < -0.39 is 0 Å². The first-order valence-electron chi connectivity index (χ1n) is 4.09. The van der Waals surface area contributed by atoms with Gasteiger partial charge in [-0.05, 0) is 32.0 Å². The Kier molecular flexibility index (Phi) is 2.69. The summed E-state index contributed by atoms with van der Waals surface area (Å²) in [4.78, 5) is 2.03. The molecule has 1 rings (SSSR count). The van der Waals surface area contributed by atoms with E-state index >= 15 is 0 Å². The Morgan fingerprint density at radius 1 is 1.33 bits per heavy atom. The van der Waals surface area contributed by atoms with Crippen molar-refractivity contribution in [3.8, 4) is 0 Å². The molecule has 0 amide bonds. The quantitative estimate of drug-likeness (QED) is 0.654. The molecule has 0 fully saturated rings. The number of hydrogen-bond acceptors (Lipinski definition) is 1. The van der Waals surface area contributed by atoms with Crippen LogP contribution in [0.3, 0.4) is 0 Å². The highest BCUT2D eigenvalue weighted by molar-refractivity contribution is 5.46. The molecule has 0 saturated carbocycles. The van der Waals surface area contributed by atoms with Crippen molar-refractivity contribution < 1.29 is 4.39 Å². The molecule has 0 unspecified atom stereocenters. The molecule has 0 N–H and O–H groups in total. The highest BCUT2D eigenvalue weighted by atomic mass is 19.1. The van der Waals surface area contributed by atoms with E-state index in [1.807, 2.05) is 18.0 Å². The minimum absolute atomic E-state index is 0.181. The molecule has 0 atom stereocenters. The minimum Gasteiger partial charge on any atom is -0.372 e. The molecule has 0 heterocycles. The van der Waals surface area contributed by atoms with Gasteiger partial charge in [-0.3, -0.25) is 0 Å². The van der Waals surface area contributed by atoms with Gasteiger partial charge < -0.3 is 4.90 Å². The number of nitrogens with zero attached hydrogens (tertiary/aromatic N) is 1. The topological polar surface area (TPSA) is 3.24 Å². The molecule has 0 spiro atoms. The molecule has 0 bridgehead atoms. The van der Waals surface area contributed by atoms with Gasteiger partial charge in [0.15, 0.2) is 0 Å². The van der Waals surface area contributed by atoms with E-state index in [2.05, 4.69) is 13.8 Å². The van der Waals surface area contributed by atoms with Crippen LogP contribution in [0.5, 0.6) is 0 Å². The Morgan fingerprint density at radius 2 is 2.00 bits per heavy atom. The van der Waals surface area contributed by atoms with Crippen LogP contribution in [0.1, 0.15) is 13.8 Å². The zero-order valence-electron chi connectivity index (χ0n) is 7.71. The normalized spacial score (nSPS) is 10.4. The lowest BCUT2D eigenvalue weighted by Gasteiger charge is -2.23. The van der Waals surface area contributed by atoms with Gasteiger partial charge in [0.25, 0.3) is 0 Å². The van der Waals surface area contributed by atoms with E-state index in [1.54, 1.807) is 12.1 Å². The first kappa shape index (κ1) is 9.04. The predicted octanol–water partition coefficient (Wildman–Crippen LogP) is 2.67. The Hall–Kier alpha value is -1.05. The van der Waals surface area contributed by atoms with E-state index in [0.717, 1.165) is 5.69 Å². The fourth-order valence-electron chi connectivity index (χ4n) is 0.994. The molecule has 1 aromatic carbocycles. The molecule has 2 heteroatoms. The van der Waals surface area contributed by atoms with Gasteiger partial charge in [0.2, 0.25) is 0 Å². The summed E-state index contributed by atoms with van der Waals surface area (Å²) < 4.78 is 12.8. The van der Waals surface area contributed by atoms with Gasteiger partial charge in [0.1, 0.15) is 5.82 Å². The van der Waals surface area contributed by atoms with Gasteiger partial charge in [-0.1, -0.05) is 6.07 Å². The Bertz CT molecular complexity index is 258. The fourth-order valence-corrected chi connectivity index (χ4v) is 0.994. The van der Waals surface area contributed by atoms with E-state index in [4.69, 9.17) is 0 Å². The molecule has 66 valence electrons. The van der Waals surface area contributed by atoms with Crippen LogP contribution in [0, 0.1) is 5.82 Å². The van der Waals surface area contributed by atoms with Crippen LogP contribution in [0.4, 0.5) is 10.1 Å². The highest BCUT2D eigenvalue weighted by Gasteiger charge is 2.04. The van der Waals surface area contributed by atoms with Crippen LogP contribution >= 0.6 is 0 Å². The van der Waals surface area contributed by atoms with Gasteiger partial charge in [0.05, 0.1) is 0 Å². The van der Waals surface area contributed by atoms with Gasteiger partial charge in [0, 0.05) is 18.8 Å². The standard InChI is InChI=1S/C10H14FN/c1-8(2)12(3)10-6-4-5-9(11)7-10/h4-8H,1-3H3. The summed E-state index contributed by atoms with van der Waals surface area (Å²) in [6.45, 7) is 4.15. The second-order valence-electron chi connectivity index (χ2n) is 3.18. The monoisotopic (exact) mass is 167 g/mol. The van der Waals surface area contributed by atoms with Gasteiger partial charge in [-0.15, -0.1) is 0 Å². The Balaban J connectivity index is 2.88. The van der Waals surface area contributed by atoms with Crippen molar-refractivity contribution >= 4 is 5.69 Å². The molecule has 1 aromatic rings. The molecule has 0 aliphatic carbocycles. The maximum absolute atomic E-state index is 12.8. The molecule has 0 saturated heterocycles. The Morgan fingerprint density at radius 3 is 2.50 bits per heavy atom. The maximum Gasteiger partial charge on any atom is 0.125 e. The summed E-state index contributed by atoms with van der Waals surface area (Å²) in [6, 6.07) is 7.02. The first-order chi connectivity index (χ1) is 5.61. The van der Waals surface area contributed by atoms with Crippen molar-refractivity contribution in [3.63, 3.8) is 0 Å². The number of benzene rings is 1. The maximum atomic E-state index is 12.8. The molecule has 1 nitrogen and oxygen atoms in total. The summed E-state index contributed by atoms with van der Waals surface area (Å²) in [5.74, 6) is -0.181. The average molecular weight is 167 g/mol. The SMILES string of the molecule is CC(C)N(C)c1cccc(F)c1. The van der Waals surface area contributed by atoms with Crippen molar-refractivity contribution in [2.24, 2.45) is 0 Å². The summed E-state index contributed by atoms with van der Waals surface area (Å²) in [7, 11) is 1.96. The highest BCUT2D eigenvalue weighted by Crippen LogP contribution is 2.15. The molecule has 0 radical (unpaired) electrons. The number of halogens is 1. The van der Waals surface area contributed by atoms with E-state index in [9.17, 15) is 4.39 Å². The van der Waals surface area contributed by atoms with Gasteiger partial charge in [-0.25, -0.2) is 4.39 Å². The second-order valence-corrected chi connectivity index (χ2v) is 3.18. The molecule has 0 aliphatic heterocycles. The fraction of sp³-hybridized carbons (Fsp3) is 0.400. The van der Waals surface area contributed by atoms with Crippen LogP contribution in [0.25, 0.3) is 0 Å². The predicted molar refractivity (Wildman–Crippen MR) is 49.9 cm³/mol. The summed E-state index contributed by atoms with van der Waals surface area (Å²) in [5.41, 5.74) is 0.921. The van der Waals surface area contributed by atoms with Crippen molar-refractivity contribution in [2.75, 3.05) is 11.9 Å². The minimum atomic E-state index is -0.181. The van der Waals surface area contributed by atoms with Crippen LogP contribution in [-0.2, 0) is 0 Å².